The normalized spacial score (nSPS) is 16.8. The van der Waals surface area contributed by atoms with Crippen molar-refractivity contribution in [2.24, 2.45) is 0 Å². The van der Waals surface area contributed by atoms with Gasteiger partial charge in [-0.1, -0.05) is 12.8 Å². The van der Waals surface area contributed by atoms with Crippen LogP contribution in [0.1, 0.15) is 0 Å². The quantitative estimate of drug-likeness (QED) is 0.202. The number of nitrogens with zero attached hydrogens (tertiary/aromatic N) is 1. The Kier molecular flexibility index (Phi) is 17.8. The third kappa shape index (κ3) is 23.7. The Morgan fingerprint density at radius 3 is 1.57 bits per heavy atom. The van der Waals surface area contributed by atoms with Crippen LogP contribution in [0.3, 0.4) is 0 Å². The molecule has 1 aliphatic heterocycles. The molecule has 0 spiro atoms. The summed E-state index contributed by atoms with van der Waals surface area (Å²) >= 11 is 4.11. The third-order valence-corrected chi connectivity index (χ3v) is 1.39. The van der Waals surface area contributed by atoms with E-state index in [1.165, 1.54) is 0 Å². The molecule has 6 nitrogen and oxygen atoms in total. The van der Waals surface area contributed by atoms with Crippen molar-refractivity contribution in [3.8, 4) is 0 Å². The van der Waals surface area contributed by atoms with Gasteiger partial charge in [0.2, 0.25) is 0 Å². The summed E-state index contributed by atoms with van der Waals surface area (Å²) in [5.74, 6) is 0. The molecule has 0 aromatic heterocycles. The monoisotopic (exact) mass is 261 g/mol. The molecule has 0 saturated carbocycles. The van der Waals surface area contributed by atoms with Gasteiger partial charge in [0.05, 0.1) is 13.2 Å². The van der Waals surface area contributed by atoms with Crippen molar-refractivity contribution in [1.82, 2.24) is 4.31 Å². The summed E-state index contributed by atoms with van der Waals surface area (Å²) < 4.78 is 41.1. The number of rotatable bonds is 0. The first-order valence-electron chi connectivity index (χ1n) is 3.08. The van der Waals surface area contributed by atoms with Gasteiger partial charge in [0, 0.05) is 23.5 Å². The maximum Gasteiger partial charge on any atom is 1.00 e. The van der Waals surface area contributed by atoms with Gasteiger partial charge in [-0.15, -0.1) is 0 Å². The number of ether oxygens (including phenoxy) is 1. The van der Waals surface area contributed by atoms with E-state index in [0.717, 1.165) is 26.3 Å². The minimum atomic E-state index is -5.17. The van der Waals surface area contributed by atoms with Crippen LogP contribution in [-0.4, -0.2) is 48.1 Å². The van der Waals surface area contributed by atoms with Crippen molar-refractivity contribution in [3.63, 3.8) is 0 Å². The van der Waals surface area contributed by atoms with Crippen LogP contribution in [0.15, 0.2) is 0 Å². The molecule has 1 heterocycles. The van der Waals surface area contributed by atoms with Crippen LogP contribution < -0.4 is 59.1 Å². The number of hydrogen-bond acceptors (Lipinski definition) is 7. The van der Waals surface area contributed by atoms with E-state index in [4.69, 9.17) is 22.3 Å². The molecule has 0 bridgehead atoms. The summed E-state index contributed by atoms with van der Waals surface area (Å²) in [6.45, 7) is 3.60. The Balaban J connectivity index is -0.000000159. The molecule has 10 heteroatoms. The Labute approximate surface area is 133 Å². The Hall–Kier alpha value is 2.14. The molecule has 0 aromatic rings. The van der Waals surface area contributed by atoms with Gasteiger partial charge >= 0.3 is 59.1 Å². The first-order chi connectivity index (χ1) is 5.39. The van der Waals surface area contributed by atoms with Gasteiger partial charge in [-0.05, 0) is 0 Å². The summed E-state index contributed by atoms with van der Waals surface area (Å²) in [6, 6.07) is 0. The summed E-state index contributed by atoms with van der Waals surface area (Å²) in [4.78, 5) is 0. The van der Waals surface area contributed by atoms with Gasteiger partial charge in [-0.2, -0.15) is 0 Å². The second-order valence-electron chi connectivity index (χ2n) is 1.97. The fourth-order valence-corrected chi connectivity index (χ4v) is 0.717. The van der Waals surface area contributed by atoms with Gasteiger partial charge in [-0.3, -0.25) is 8.42 Å². The maximum absolute atomic E-state index is 8.52. The number of morpholine rings is 1. The summed E-state index contributed by atoms with van der Waals surface area (Å²) in [6.07, 6.45) is 0. The van der Waals surface area contributed by atoms with E-state index < -0.39 is 10.4 Å². The molecule has 0 aromatic carbocycles. The fourth-order valence-electron chi connectivity index (χ4n) is 0.554. The standard InChI is InChI=1S/C4H9NOS.2Na.H2O4S/c7-5-1-3-6-4-2-5;;;1-5(2,3)4/h7H,1-4H2;;;(H2,1,2,3,4)/q;2*+1;/p-2. The number of hydrogen-bond donors (Lipinski definition) is 1. The second-order valence-corrected chi connectivity index (χ2v) is 3.36. The van der Waals surface area contributed by atoms with Gasteiger partial charge in [-0.25, -0.2) is 4.31 Å². The first-order valence-corrected chi connectivity index (χ1v) is 4.81. The molecule has 0 radical (unpaired) electrons. The van der Waals surface area contributed by atoms with Crippen LogP contribution in [0.25, 0.3) is 0 Å². The van der Waals surface area contributed by atoms with Crippen molar-refractivity contribution in [3.05, 3.63) is 0 Å². The molecule has 1 saturated heterocycles. The molecule has 1 fully saturated rings. The van der Waals surface area contributed by atoms with E-state index in [1.807, 2.05) is 4.31 Å². The van der Waals surface area contributed by atoms with Crippen molar-refractivity contribution in [2.75, 3.05) is 26.3 Å². The van der Waals surface area contributed by atoms with E-state index >= 15 is 0 Å². The van der Waals surface area contributed by atoms with Crippen LogP contribution in [0.2, 0.25) is 0 Å². The third-order valence-electron chi connectivity index (χ3n) is 0.987. The van der Waals surface area contributed by atoms with Crippen LogP contribution in [0.5, 0.6) is 0 Å². The predicted molar refractivity (Wildman–Crippen MR) is 41.9 cm³/mol. The van der Waals surface area contributed by atoms with E-state index in [1.54, 1.807) is 0 Å². The van der Waals surface area contributed by atoms with Crippen LogP contribution in [-0.2, 0) is 15.1 Å². The van der Waals surface area contributed by atoms with E-state index in [0.29, 0.717) is 0 Å². The van der Waals surface area contributed by atoms with E-state index in [-0.39, 0.29) is 59.1 Å². The van der Waals surface area contributed by atoms with Crippen molar-refractivity contribution in [1.29, 1.82) is 0 Å². The van der Waals surface area contributed by atoms with Crippen molar-refractivity contribution < 1.29 is 81.4 Å². The average Bonchev–Trinajstić information content (AvgIpc) is 1.85. The minimum Gasteiger partial charge on any atom is -0.759 e. The zero-order valence-electron chi connectivity index (χ0n) is 8.17. The Bertz CT molecular complexity index is 198. The van der Waals surface area contributed by atoms with Gasteiger partial charge in [0.1, 0.15) is 0 Å². The van der Waals surface area contributed by atoms with Crippen LogP contribution in [0.4, 0.5) is 0 Å². The summed E-state index contributed by atoms with van der Waals surface area (Å²) in [5, 5.41) is 0. The molecule has 1 rings (SSSR count). The second kappa shape index (κ2) is 11.6. The smallest absolute Gasteiger partial charge is 0.759 e. The fraction of sp³-hybridized carbons (Fsp3) is 1.00. The Morgan fingerprint density at radius 2 is 1.43 bits per heavy atom. The van der Waals surface area contributed by atoms with Gasteiger partial charge in [0.15, 0.2) is 0 Å². The molecular formula is C4H9NNa2O5S2. The summed E-state index contributed by atoms with van der Waals surface area (Å²) in [5.41, 5.74) is 0. The molecular weight excluding hydrogens is 252 g/mol. The largest absolute Gasteiger partial charge is 1.00 e. The maximum atomic E-state index is 8.52. The molecule has 74 valence electrons. The molecule has 0 N–H and O–H groups in total. The minimum absolute atomic E-state index is 0. The summed E-state index contributed by atoms with van der Waals surface area (Å²) in [7, 11) is -5.17. The topological polar surface area (TPSA) is 92.7 Å². The zero-order valence-corrected chi connectivity index (χ0v) is 13.9. The predicted octanol–water partition coefficient (Wildman–Crippen LogP) is -7.17. The number of thiol groups is 1. The van der Waals surface area contributed by atoms with Crippen molar-refractivity contribution in [2.45, 2.75) is 0 Å². The SMILES string of the molecule is O=S(=O)([O-])[O-].SN1CCOCC1.[Na+].[Na+]. The molecule has 0 aliphatic carbocycles. The molecule has 0 atom stereocenters. The Morgan fingerprint density at radius 1 is 1.14 bits per heavy atom. The molecule has 0 amide bonds. The van der Waals surface area contributed by atoms with Crippen LogP contribution >= 0.6 is 12.8 Å². The van der Waals surface area contributed by atoms with Crippen LogP contribution in [0, 0.1) is 0 Å². The molecule has 0 unspecified atom stereocenters. The van der Waals surface area contributed by atoms with Crippen molar-refractivity contribution >= 4 is 23.2 Å². The van der Waals surface area contributed by atoms with Gasteiger partial charge in [0.25, 0.3) is 0 Å². The molecule has 1 aliphatic rings. The zero-order chi connectivity index (χ0) is 9.61. The van der Waals surface area contributed by atoms with Gasteiger partial charge < -0.3 is 13.8 Å². The van der Waals surface area contributed by atoms with E-state index in [2.05, 4.69) is 12.8 Å². The van der Waals surface area contributed by atoms with E-state index in [9.17, 15) is 0 Å². The molecule has 14 heavy (non-hydrogen) atoms. The average molecular weight is 261 g/mol. The first kappa shape index (κ1) is 21.4.